The number of thiol groups is 1. The van der Waals surface area contributed by atoms with Crippen molar-refractivity contribution in [2.24, 2.45) is 0 Å². The molecule has 0 N–H and O–H groups in total. The molecule has 1 aliphatic rings. The van der Waals surface area contributed by atoms with Crippen molar-refractivity contribution in [3.05, 3.63) is 39.7 Å². The SMILES string of the molecule is Cc1cc(=O)oc2c(C3OCCO3)c(S)ccc12. The number of fused-ring (bicyclic) bond motifs is 1. The van der Waals surface area contributed by atoms with Gasteiger partial charge in [0.25, 0.3) is 0 Å². The summed E-state index contributed by atoms with van der Waals surface area (Å²) in [7, 11) is 0. The molecule has 0 spiro atoms. The van der Waals surface area contributed by atoms with Crippen LogP contribution in [0.25, 0.3) is 11.0 Å². The highest BCUT2D eigenvalue weighted by Crippen LogP contribution is 2.35. The van der Waals surface area contributed by atoms with E-state index < -0.39 is 6.29 Å². The summed E-state index contributed by atoms with van der Waals surface area (Å²) in [5.41, 5.74) is 1.68. The average molecular weight is 264 g/mol. The molecule has 2 heterocycles. The minimum atomic E-state index is -0.508. The van der Waals surface area contributed by atoms with Gasteiger partial charge in [-0.05, 0) is 24.6 Å². The Kier molecular flexibility index (Phi) is 2.89. The Morgan fingerprint density at radius 2 is 2.00 bits per heavy atom. The molecule has 4 nitrogen and oxygen atoms in total. The minimum absolute atomic E-state index is 0.377. The second-order valence-electron chi connectivity index (χ2n) is 4.20. The van der Waals surface area contributed by atoms with E-state index in [0.29, 0.717) is 29.3 Å². The maximum absolute atomic E-state index is 11.5. The summed E-state index contributed by atoms with van der Waals surface area (Å²) in [6, 6.07) is 5.22. The van der Waals surface area contributed by atoms with Gasteiger partial charge in [0.2, 0.25) is 0 Å². The van der Waals surface area contributed by atoms with Crippen LogP contribution in [0.2, 0.25) is 0 Å². The molecule has 1 aromatic heterocycles. The first kappa shape index (κ1) is 11.8. The van der Waals surface area contributed by atoms with Crippen molar-refractivity contribution in [1.82, 2.24) is 0 Å². The smallest absolute Gasteiger partial charge is 0.336 e. The van der Waals surface area contributed by atoms with Crippen molar-refractivity contribution in [1.29, 1.82) is 0 Å². The molecule has 0 atom stereocenters. The van der Waals surface area contributed by atoms with Gasteiger partial charge in [-0.15, -0.1) is 12.6 Å². The van der Waals surface area contributed by atoms with E-state index >= 15 is 0 Å². The van der Waals surface area contributed by atoms with Gasteiger partial charge < -0.3 is 13.9 Å². The van der Waals surface area contributed by atoms with Gasteiger partial charge in [-0.1, -0.05) is 0 Å². The summed E-state index contributed by atoms with van der Waals surface area (Å²) in [5.74, 6) is 0. The molecular weight excluding hydrogens is 252 g/mol. The summed E-state index contributed by atoms with van der Waals surface area (Å²) < 4.78 is 16.3. The van der Waals surface area contributed by atoms with Crippen LogP contribution in [0.5, 0.6) is 0 Å². The normalized spacial score (nSPS) is 16.6. The number of hydrogen-bond donors (Lipinski definition) is 1. The fraction of sp³-hybridized carbons (Fsp3) is 0.308. The average Bonchev–Trinajstić information content (AvgIpc) is 2.81. The van der Waals surface area contributed by atoms with Crippen LogP contribution < -0.4 is 5.63 Å². The van der Waals surface area contributed by atoms with Gasteiger partial charge in [0.15, 0.2) is 6.29 Å². The van der Waals surface area contributed by atoms with Crippen molar-refractivity contribution < 1.29 is 13.9 Å². The van der Waals surface area contributed by atoms with E-state index in [1.54, 1.807) is 0 Å². The fourth-order valence-corrected chi connectivity index (χ4v) is 2.43. The molecule has 3 rings (SSSR count). The lowest BCUT2D eigenvalue weighted by atomic mass is 10.1. The summed E-state index contributed by atoms with van der Waals surface area (Å²) in [6.45, 7) is 2.94. The molecule has 1 fully saturated rings. The first-order valence-electron chi connectivity index (χ1n) is 5.66. The van der Waals surface area contributed by atoms with Crippen LogP contribution in [0.4, 0.5) is 0 Å². The van der Waals surface area contributed by atoms with E-state index in [-0.39, 0.29) is 5.63 Å². The van der Waals surface area contributed by atoms with Crippen LogP contribution in [0.1, 0.15) is 17.4 Å². The summed E-state index contributed by atoms with van der Waals surface area (Å²) in [4.78, 5) is 12.2. The lowest BCUT2D eigenvalue weighted by Gasteiger charge is -2.14. The molecule has 5 heteroatoms. The van der Waals surface area contributed by atoms with Crippen LogP contribution in [0.3, 0.4) is 0 Å². The first-order chi connectivity index (χ1) is 8.66. The third kappa shape index (κ3) is 1.84. The molecule has 0 aliphatic carbocycles. The lowest BCUT2D eigenvalue weighted by molar-refractivity contribution is -0.0454. The van der Waals surface area contributed by atoms with Gasteiger partial charge in [0.05, 0.1) is 18.8 Å². The van der Waals surface area contributed by atoms with Gasteiger partial charge in [-0.3, -0.25) is 0 Å². The molecule has 0 amide bonds. The van der Waals surface area contributed by atoms with Crippen molar-refractivity contribution in [3.8, 4) is 0 Å². The highest BCUT2D eigenvalue weighted by molar-refractivity contribution is 7.80. The predicted octanol–water partition coefficient (Wildman–Crippen LogP) is 2.44. The Balaban J connectivity index is 2.34. The Hall–Kier alpha value is -1.30. The van der Waals surface area contributed by atoms with Crippen molar-refractivity contribution >= 4 is 23.6 Å². The van der Waals surface area contributed by atoms with Crippen molar-refractivity contribution in [2.45, 2.75) is 18.1 Å². The highest BCUT2D eigenvalue weighted by atomic mass is 32.1. The van der Waals surface area contributed by atoms with E-state index in [1.165, 1.54) is 6.07 Å². The lowest BCUT2D eigenvalue weighted by Crippen LogP contribution is -2.05. The van der Waals surface area contributed by atoms with Gasteiger partial charge in [0, 0.05) is 16.3 Å². The van der Waals surface area contributed by atoms with Crippen LogP contribution in [-0.4, -0.2) is 13.2 Å². The Morgan fingerprint density at radius 1 is 1.28 bits per heavy atom. The topological polar surface area (TPSA) is 48.7 Å². The second-order valence-corrected chi connectivity index (χ2v) is 4.68. The zero-order valence-corrected chi connectivity index (χ0v) is 10.7. The van der Waals surface area contributed by atoms with Gasteiger partial charge in [-0.25, -0.2) is 4.79 Å². The molecule has 18 heavy (non-hydrogen) atoms. The van der Waals surface area contributed by atoms with E-state index in [1.807, 2.05) is 19.1 Å². The first-order valence-corrected chi connectivity index (χ1v) is 6.11. The summed E-state index contributed by atoms with van der Waals surface area (Å²) in [5, 5.41) is 0.876. The molecule has 0 unspecified atom stereocenters. The molecular formula is C13H12O4S. The Morgan fingerprint density at radius 3 is 2.72 bits per heavy atom. The molecule has 2 aromatic rings. The third-order valence-corrected chi connectivity index (χ3v) is 3.38. The minimum Gasteiger partial charge on any atom is -0.422 e. The molecule has 94 valence electrons. The largest absolute Gasteiger partial charge is 0.422 e. The van der Waals surface area contributed by atoms with Gasteiger partial charge in [-0.2, -0.15) is 0 Å². The zero-order valence-electron chi connectivity index (χ0n) is 9.80. The van der Waals surface area contributed by atoms with Crippen LogP contribution >= 0.6 is 12.6 Å². The quantitative estimate of drug-likeness (QED) is 0.635. The van der Waals surface area contributed by atoms with Gasteiger partial charge in [0.1, 0.15) is 5.58 Å². The number of ether oxygens (including phenoxy) is 2. The maximum Gasteiger partial charge on any atom is 0.336 e. The van der Waals surface area contributed by atoms with Crippen molar-refractivity contribution in [2.75, 3.05) is 13.2 Å². The standard InChI is InChI=1S/C13H12O4S/c1-7-6-10(14)17-12-8(7)2-3-9(18)11(12)13-15-4-5-16-13/h2-3,6,13,18H,4-5H2,1H3. The van der Waals surface area contributed by atoms with Gasteiger partial charge >= 0.3 is 5.63 Å². The Bertz CT molecular complexity index is 656. The molecule has 0 radical (unpaired) electrons. The molecule has 0 bridgehead atoms. The summed E-state index contributed by atoms with van der Waals surface area (Å²) >= 11 is 4.40. The highest BCUT2D eigenvalue weighted by Gasteiger charge is 2.25. The second kappa shape index (κ2) is 4.42. The maximum atomic E-state index is 11.5. The number of aryl methyl sites for hydroxylation is 1. The van der Waals surface area contributed by atoms with E-state index in [2.05, 4.69) is 12.6 Å². The predicted molar refractivity (Wildman–Crippen MR) is 69.1 cm³/mol. The third-order valence-electron chi connectivity index (χ3n) is 2.99. The molecule has 1 aromatic carbocycles. The van der Waals surface area contributed by atoms with Crippen LogP contribution in [0, 0.1) is 6.92 Å². The van der Waals surface area contributed by atoms with Crippen LogP contribution in [0.15, 0.2) is 32.3 Å². The van der Waals surface area contributed by atoms with E-state index in [9.17, 15) is 4.79 Å². The monoisotopic (exact) mass is 264 g/mol. The Labute approximate surface area is 109 Å². The molecule has 1 aliphatic heterocycles. The van der Waals surface area contributed by atoms with E-state index in [0.717, 1.165) is 10.9 Å². The molecule has 0 saturated carbocycles. The zero-order chi connectivity index (χ0) is 12.7. The number of rotatable bonds is 1. The number of benzene rings is 1. The van der Waals surface area contributed by atoms with E-state index in [4.69, 9.17) is 13.9 Å². The van der Waals surface area contributed by atoms with Crippen LogP contribution in [-0.2, 0) is 9.47 Å². The number of hydrogen-bond acceptors (Lipinski definition) is 5. The van der Waals surface area contributed by atoms with Crippen molar-refractivity contribution in [3.63, 3.8) is 0 Å². The summed E-state index contributed by atoms with van der Waals surface area (Å²) in [6.07, 6.45) is -0.508. The molecule has 1 saturated heterocycles. The fourth-order valence-electron chi connectivity index (χ4n) is 2.15.